The zero-order valence-corrected chi connectivity index (χ0v) is 11.8. The van der Waals surface area contributed by atoms with Crippen LogP contribution < -0.4 is 5.32 Å². The monoisotopic (exact) mass is 288 g/mol. The van der Waals surface area contributed by atoms with Gasteiger partial charge in [0.15, 0.2) is 0 Å². The third kappa shape index (κ3) is 4.39. The number of nitrogens with zero attached hydrogens (tertiary/aromatic N) is 1. The van der Waals surface area contributed by atoms with Crippen molar-refractivity contribution >= 4 is 0 Å². The predicted molar refractivity (Wildman–Crippen MR) is 73.2 cm³/mol. The fourth-order valence-electron chi connectivity index (χ4n) is 3.31. The molecular weight excluding hydrogens is 265 g/mol. The van der Waals surface area contributed by atoms with Crippen molar-refractivity contribution in [3.63, 3.8) is 0 Å². The first-order chi connectivity index (χ1) is 9.49. The number of halogens is 3. The van der Waals surface area contributed by atoms with Gasteiger partial charge in [0.25, 0.3) is 0 Å². The lowest BCUT2D eigenvalue weighted by Gasteiger charge is -2.36. The first-order valence-electron chi connectivity index (χ1n) is 7.47. The first kappa shape index (κ1) is 15.7. The molecule has 0 aromatic rings. The fourth-order valence-corrected chi connectivity index (χ4v) is 3.31. The normalized spacial score (nSPS) is 30.1. The summed E-state index contributed by atoms with van der Waals surface area (Å²) in [6.45, 7) is 2.67. The van der Waals surface area contributed by atoms with E-state index in [-0.39, 0.29) is 18.9 Å². The molecule has 2 fully saturated rings. The number of hydrogen-bond donors (Lipinski definition) is 1. The minimum absolute atomic E-state index is 0.262. The number of terminal acetylenes is 1. The smallest absolute Gasteiger partial charge is 0.311 e. The quantitative estimate of drug-likeness (QED) is 0.803. The zero-order valence-electron chi connectivity index (χ0n) is 11.8. The molecule has 0 amide bonds. The molecule has 1 saturated heterocycles. The Morgan fingerprint density at radius 2 is 1.55 bits per heavy atom. The van der Waals surface area contributed by atoms with Crippen molar-refractivity contribution in [3.8, 4) is 12.3 Å². The lowest BCUT2D eigenvalue weighted by Crippen LogP contribution is -2.47. The van der Waals surface area contributed by atoms with Crippen LogP contribution in [0.15, 0.2) is 0 Å². The SMILES string of the molecule is C#CCN1CCC(NC2CCC(C(F)(F)F)CC2)CC1. The van der Waals surface area contributed by atoms with Gasteiger partial charge in [0.1, 0.15) is 0 Å². The molecule has 114 valence electrons. The average molecular weight is 288 g/mol. The van der Waals surface area contributed by atoms with Crippen LogP contribution in [0.1, 0.15) is 38.5 Å². The second kappa shape index (κ2) is 6.82. The third-order valence-corrected chi connectivity index (χ3v) is 4.56. The van der Waals surface area contributed by atoms with Crippen LogP contribution in [0.4, 0.5) is 13.2 Å². The summed E-state index contributed by atoms with van der Waals surface area (Å²) in [7, 11) is 0. The lowest BCUT2D eigenvalue weighted by atomic mass is 9.85. The van der Waals surface area contributed by atoms with Crippen molar-refractivity contribution in [1.29, 1.82) is 0 Å². The van der Waals surface area contributed by atoms with Gasteiger partial charge in [-0.05, 0) is 38.5 Å². The molecule has 1 heterocycles. The molecule has 0 spiro atoms. The van der Waals surface area contributed by atoms with Crippen LogP contribution in [-0.4, -0.2) is 42.8 Å². The molecule has 5 heteroatoms. The highest BCUT2D eigenvalue weighted by Crippen LogP contribution is 2.37. The van der Waals surface area contributed by atoms with Crippen LogP contribution in [0, 0.1) is 18.3 Å². The van der Waals surface area contributed by atoms with E-state index in [1.807, 2.05) is 0 Å². The summed E-state index contributed by atoms with van der Waals surface area (Å²) in [4.78, 5) is 2.25. The Labute approximate surface area is 119 Å². The van der Waals surface area contributed by atoms with Gasteiger partial charge in [-0.15, -0.1) is 6.42 Å². The molecule has 0 aromatic carbocycles. The molecule has 2 nitrogen and oxygen atoms in total. The van der Waals surface area contributed by atoms with Crippen molar-refractivity contribution in [1.82, 2.24) is 10.2 Å². The highest BCUT2D eigenvalue weighted by molar-refractivity contribution is 4.91. The van der Waals surface area contributed by atoms with Crippen LogP contribution in [0.2, 0.25) is 0 Å². The molecule has 0 aromatic heterocycles. The summed E-state index contributed by atoms with van der Waals surface area (Å²) in [6, 6.07) is 0.703. The van der Waals surface area contributed by atoms with Crippen LogP contribution in [0.3, 0.4) is 0 Å². The second-order valence-electron chi connectivity index (χ2n) is 6.01. The van der Waals surface area contributed by atoms with E-state index in [0.717, 1.165) is 25.9 Å². The van der Waals surface area contributed by atoms with Gasteiger partial charge in [-0.25, -0.2) is 0 Å². The van der Waals surface area contributed by atoms with Gasteiger partial charge in [0, 0.05) is 25.2 Å². The molecule has 2 aliphatic rings. The number of hydrogen-bond acceptors (Lipinski definition) is 2. The van der Waals surface area contributed by atoms with Gasteiger partial charge in [0.05, 0.1) is 12.5 Å². The highest BCUT2D eigenvalue weighted by Gasteiger charge is 2.41. The number of nitrogens with one attached hydrogen (secondary N) is 1. The average Bonchev–Trinajstić information content (AvgIpc) is 2.41. The Hall–Kier alpha value is -0.730. The molecule has 0 bridgehead atoms. The van der Waals surface area contributed by atoms with Gasteiger partial charge in [-0.3, -0.25) is 4.90 Å². The molecule has 1 aliphatic carbocycles. The molecule has 1 saturated carbocycles. The standard InChI is InChI=1S/C15H23F3N2/c1-2-9-20-10-7-14(8-11-20)19-13-5-3-12(4-6-13)15(16,17)18/h1,12-14,19H,3-11H2. The van der Waals surface area contributed by atoms with Gasteiger partial charge in [0.2, 0.25) is 0 Å². The number of alkyl halides is 3. The Morgan fingerprint density at radius 3 is 2.05 bits per heavy atom. The summed E-state index contributed by atoms with van der Waals surface area (Å²) in [5, 5.41) is 3.55. The van der Waals surface area contributed by atoms with Crippen LogP contribution >= 0.6 is 0 Å². The van der Waals surface area contributed by atoms with Crippen molar-refractivity contribution in [3.05, 3.63) is 0 Å². The van der Waals surface area contributed by atoms with E-state index in [4.69, 9.17) is 6.42 Å². The molecule has 0 atom stereocenters. The maximum Gasteiger partial charge on any atom is 0.391 e. The largest absolute Gasteiger partial charge is 0.391 e. The van der Waals surface area contributed by atoms with Crippen molar-refractivity contribution in [2.75, 3.05) is 19.6 Å². The highest BCUT2D eigenvalue weighted by atomic mass is 19.4. The topological polar surface area (TPSA) is 15.3 Å². The molecule has 20 heavy (non-hydrogen) atoms. The second-order valence-corrected chi connectivity index (χ2v) is 6.01. The van der Waals surface area contributed by atoms with E-state index in [1.165, 1.54) is 0 Å². The summed E-state index contributed by atoms with van der Waals surface area (Å²) < 4.78 is 37.8. The summed E-state index contributed by atoms with van der Waals surface area (Å²) in [5.41, 5.74) is 0. The summed E-state index contributed by atoms with van der Waals surface area (Å²) >= 11 is 0. The van der Waals surface area contributed by atoms with Gasteiger partial charge < -0.3 is 5.32 Å². The molecule has 0 radical (unpaired) electrons. The molecule has 2 rings (SSSR count). The molecule has 0 unspecified atom stereocenters. The van der Waals surface area contributed by atoms with Crippen molar-refractivity contribution in [2.24, 2.45) is 5.92 Å². The maximum absolute atomic E-state index is 12.6. The zero-order chi connectivity index (χ0) is 14.6. The first-order valence-corrected chi connectivity index (χ1v) is 7.47. The molecular formula is C15H23F3N2. The van der Waals surface area contributed by atoms with Crippen LogP contribution in [0.25, 0.3) is 0 Å². The maximum atomic E-state index is 12.6. The summed E-state index contributed by atoms with van der Waals surface area (Å²) in [5.74, 6) is 1.57. The number of rotatable bonds is 3. The van der Waals surface area contributed by atoms with Crippen LogP contribution in [-0.2, 0) is 0 Å². The Kier molecular flexibility index (Phi) is 5.34. The van der Waals surface area contributed by atoms with Gasteiger partial charge in [-0.1, -0.05) is 5.92 Å². The fraction of sp³-hybridized carbons (Fsp3) is 0.867. The number of piperidine rings is 1. The molecule has 1 aliphatic heterocycles. The minimum Gasteiger partial charge on any atom is -0.311 e. The Bertz CT molecular complexity index is 332. The predicted octanol–water partition coefficient (Wildman–Crippen LogP) is 2.79. The van der Waals surface area contributed by atoms with E-state index >= 15 is 0 Å². The van der Waals surface area contributed by atoms with Gasteiger partial charge >= 0.3 is 6.18 Å². The van der Waals surface area contributed by atoms with Gasteiger partial charge in [-0.2, -0.15) is 13.2 Å². The van der Waals surface area contributed by atoms with E-state index in [2.05, 4.69) is 16.1 Å². The van der Waals surface area contributed by atoms with E-state index in [1.54, 1.807) is 0 Å². The Morgan fingerprint density at radius 1 is 1.00 bits per heavy atom. The van der Waals surface area contributed by atoms with E-state index < -0.39 is 12.1 Å². The summed E-state index contributed by atoms with van der Waals surface area (Å²) in [6.07, 6.45) is 5.21. The van der Waals surface area contributed by atoms with Crippen molar-refractivity contribution < 1.29 is 13.2 Å². The third-order valence-electron chi connectivity index (χ3n) is 4.56. The Balaban J connectivity index is 1.68. The number of likely N-dealkylation sites (tertiary alicyclic amines) is 1. The van der Waals surface area contributed by atoms with E-state index in [0.29, 0.717) is 25.4 Å². The minimum atomic E-state index is -4.01. The van der Waals surface area contributed by atoms with Crippen molar-refractivity contribution in [2.45, 2.75) is 56.8 Å². The van der Waals surface area contributed by atoms with Crippen LogP contribution in [0.5, 0.6) is 0 Å². The molecule has 1 N–H and O–H groups in total. The lowest BCUT2D eigenvalue weighted by molar-refractivity contribution is -0.182. The van der Waals surface area contributed by atoms with E-state index in [9.17, 15) is 13.2 Å².